The van der Waals surface area contributed by atoms with E-state index in [0.717, 1.165) is 30.5 Å². The number of nitrogens with zero attached hydrogens (tertiary/aromatic N) is 3. The fourth-order valence-electron chi connectivity index (χ4n) is 2.45. The molecular weight excluding hydrogens is 210 g/mol. The predicted molar refractivity (Wildman–Crippen MR) is 68.9 cm³/mol. The van der Waals surface area contributed by atoms with Gasteiger partial charge in [0.25, 0.3) is 0 Å². The van der Waals surface area contributed by atoms with Crippen molar-refractivity contribution in [2.45, 2.75) is 33.1 Å². The molecule has 17 heavy (non-hydrogen) atoms. The molecule has 1 saturated heterocycles. The second-order valence-corrected chi connectivity index (χ2v) is 4.81. The van der Waals surface area contributed by atoms with Gasteiger partial charge in [0.1, 0.15) is 5.82 Å². The number of pyridine rings is 1. The van der Waals surface area contributed by atoms with E-state index in [1.54, 1.807) is 0 Å². The van der Waals surface area contributed by atoms with Gasteiger partial charge in [-0.05, 0) is 37.8 Å². The Labute approximate surface area is 103 Å². The average Bonchev–Trinajstić information content (AvgIpc) is 2.38. The van der Waals surface area contributed by atoms with Crippen molar-refractivity contribution in [1.29, 1.82) is 5.26 Å². The number of hydrogen-bond acceptors (Lipinski definition) is 3. The van der Waals surface area contributed by atoms with Gasteiger partial charge in [-0.2, -0.15) is 5.26 Å². The number of nitriles is 1. The number of aromatic nitrogens is 1. The molecule has 0 atom stereocenters. The molecular formula is C14H19N3. The van der Waals surface area contributed by atoms with Gasteiger partial charge < -0.3 is 4.90 Å². The first-order chi connectivity index (χ1) is 8.22. The molecule has 1 aromatic heterocycles. The van der Waals surface area contributed by atoms with Crippen LogP contribution < -0.4 is 4.90 Å². The van der Waals surface area contributed by atoms with E-state index in [0.29, 0.717) is 5.56 Å². The Morgan fingerprint density at radius 3 is 2.71 bits per heavy atom. The van der Waals surface area contributed by atoms with Crippen LogP contribution in [0, 0.1) is 24.2 Å². The first kappa shape index (κ1) is 11.9. The molecule has 1 fully saturated rings. The normalized spacial score (nSPS) is 16.9. The highest BCUT2D eigenvalue weighted by Gasteiger charge is 2.19. The molecule has 90 valence electrons. The summed E-state index contributed by atoms with van der Waals surface area (Å²) < 4.78 is 0. The average molecular weight is 229 g/mol. The molecule has 0 unspecified atom stereocenters. The molecule has 3 nitrogen and oxygen atoms in total. The minimum absolute atomic E-state index is 0.713. The highest BCUT2D eigenvalue weighted by atomic mass is 15.2. The van der Waals surface area contributed by atoms with Crippen LogP contribution in [0.3, 0.4) is 0 Å². The Bertz CT molecular complexity index is 426. The van der Waals surface area contributed by atoms with Crippen molar-refractivity contribution >= 4 is 5.82 Å². The standard InChI is InChI=1S/C14H19N3/c1-3-12-4-6-17(7-5-12)14-9-13(10-15)8-11(2)16-14/h8-9,12H,3-7H2,1-2H3. The van der Waals surface area contributed by atoms with Crippen LogP contribution in [-0.2, 0) is 0 Å². The molecule has 2 heterocycles. The fourth-order valence-corrected chi connectivity index (χ4v) is 2.45. The summed E-state index contributed by atoms with van der Waals surface area (Å²) in [6.07, 6.45) is 3.76. The monoisotopic (exact) mass is 229 g/mol. The van der Waals surface area contributed by atoms with E-state index in [-0.39, 0.29) is 0 Å². The van der Waals surface area contributed by atoms with Crippen LogP contribution >= 0.6 is 0 Å². The van der Waals surface area contributed by atoms with Crippen LogP contribution in [0.1, 0.15) is 37.4 Å². The van der Waals surface area contributed by atoms with Gasteiger partial charge in [-0.25, -0.2) is 4.98 Å². The molecule has 0 amide bonds. The van der Waals surface area contributed by atoms with Crippen molar-refractivity contribution in [3.05, 3.63) is 23.4 Å². The third-order valence-corrected chi connectivity index (χ3v) is 3.58. The maximum absolute atomic E-state index is 8.97. The maximum atomic E-state index is 8.97. The molecule has 0 saturated carbocycles. The molecule has 0 spiro atoms. The molecule has 1 aliphatic heterocycles. The van der Waals surface area contributed by atoms with Crippen molar-refractivity contribution in [2.24, 2.45) is 5.92 Å². The minimum atomic E-state index is 0.713. The number of piperidine rings is 1. The van der Waals surface area contributed by atoms with E-state index in [9.17, 15) is 0 Å². The summed E-state index contributed by atoms with van der Waals surface area (Å²) in [5.74, 6) is 1.84. The van der Waals surface area contributed by atoms with Gasteiger partial charge in [0.15, 0.2) is 0 Å². The Hall–Kier alpha value is -1.56. The van der Waals surface area contributed by atoms with E-state index in [1.807, 2.05) is 19.1 Å². The van der Waals surface area contributed by atoms with Crippen LogP contribution in [0.4, 0.5) is 5.82 Å². The minimum Gasteiger partial charge on any atom is -0.357 e. The van der Waals surface area contributed by atoms with Gasteiger partial charge in [-0.1, -0.05) is 13.3 Å². The third-order valence-electron chi connectivity index (χ3n) is 3.58. The summed E-state index contributed by atoms with van der Waals surface area (Å²) in [5, 5.41) is 8.97. The molecule has 0 radical (unpaired) electrons. The Morgan fingerprint density at radius 1 is 1.41 bits per heavy atom. The highest BCUT2D eigenvalue weighted by Crippen LogP contribution is 2.24. The molecule has 0 N–H and O–H groups in total. The quantitative estimate of drug-likeness (QED) is 0.783. The lowest BCUT2D eigenvalue weighted by atomic mass is 9.94. The van der Waals surface area contributed by atoms with Gasteiger partial charge in [-0.3, -0.25) is 0 Å². The molecule has 2 rings (SSSR count). The van der Waals surface area contributed by atoms with Crippen molar-refractivity contribution in [2.75, 3.05) is 18.0 Å². The van der Waals surface area contributed by atoms with Crippen molar-refractivity contribution < 1.29 is 0 Å². The molecule has 0 bridgehead atoms. The third kappa shape index (κ3) is 2.76. The molecule has 1 aromatic rings. The van der Waals surface area contributed by atoms with E-state index in [2.05, 4.69) is 22.9 Å². The van der Waals surface area contributed by atoms with E-state index < -0.39 is 0 Å². The summed E-state index contributed by atoms with van der Waals surface area (Å²) in [6, 6.07) is 5.94. The molecule has 1 aliphatic rings. The Kier molecular flexibility index (Phi) is 3.63. The molecule has 3 heteroatoms. The second kappa shape index (κ2) is 5.18. The van der Waals surface area contributed by atoms with E-state index in [4.69, 9.17) is 5.26 Å². The van der Waals surface area contributed by atoms with Crippen LogP contribution in [0.5, 0.6) is 0 Å². The topological polar surface area (TPSA) is 39.9 Å². The van der Waals surface area contributed by atoms with Gasteiger partial charge >= 0.3 is 0 Å². The first-order valence-corrected chi connectivity index (χ1v) is 6.36. The van der Waals surface area contributed by atoms with Crippen molar-refractivity contribution in [3.8, 4) is 6.07 Å². The summed E-state index contributed by atoms with van der Waals surface area (Å²) >= 11 is 0. The Balaban J connectivity index is 2.13. The van der Waals surface area contributed by atoms with Crippen LogP contribution in [0.15, 0.2) is 12.1 Å². The predicted octanol–water partition coefficient (Wildman–Crippen LogP) is 2.89. The largest absolute Gasteiger partial charge is 0.357 e. The number of rotatable bonds is 2. The summed E-state index contributed by atoms with van der Waals surface area (Å²) in [7, 11) is 0. The summed E-state index contributed by atoms with van der Waals surface area (Å²) in [5.41, 5.74) is 1.64. The molecule has 0 aromatic carbocycles. The van der Waals surface area contributed by atoms with Gasteiger partial charge in [0, 0.05) is 18.8 Å². The second-order valence-electron chi connectivity index (χ2n) is 4.81. The summed E-state index contributed by atoms with van der Waals surface area (Å²) in [6.45, 7) is 6.35. The summed E-state index contributed by atoms with van der Waals surface area (Å²) in [4.78, 5) is 6.84. The smallest absolute Gasteiger partial charge is 0.130 e. The van der Waals surface area contributed by atoms with Crippen LogP contribution in [0.25, 0.3) is 0 Å². The van der Waals surface area contributed by atoms with Crippen LogP contribution in [-0.4, -0.2) is 18.1 Å². The SMILES string of the molecule is CCC1CCN(c2cc(C#N)cc(C)n2)CC1. The zero-order chi connectivity index (χ0) is 12.3. The zero-order valence-electron chi connectivity index (χ0n) is 10.6. The lowest BCUT2D eigenvalue weighted by Crippen LogP contribution is -2.34. The van der Waals surface area contributed by atoms with Gasteiger partial charge in [0.2, 0.25) is 0 Å². The first-order valence-electron chi connectivity index (χ1n) is 6.36. The highest BCUT2D eigenvalue weighted by molar-refractivity contribution is 5.46. The number of anilines is 1. The zero-order valence-corrected chi connectivity index (χ0v) is 10.6. The lowest BCUT2D eigenvalue weighted by molar-refractivity contribution is 0.393. The maximum Gasteiger partial charge on any atom is 0.130 e. The lowest BCUT2D eigenvalue weighted by Gasteiger charge is -2.32. The van der Waals surface area contributed by atoms with Gasteiger partial charge in [0.05, 0.1) is 11.6 Å². The van der Waals surface area contributed by atoms with E-state index in [1.165, 1.54) is 19.3 Å². The van der Waals surface area contributed by atoms with Crippen molar-refractivity contribution in [1.82, 2.24) is 4.98 Å². The Morgan fingerprint density at radius 2 is 2.12 bits per heavy atom. The number of hydrogen-bond donors (Lipinski definition) is 0. The fraction of sp³-hybridized carbons (Fsp3) is 0.571. The number of aryl methyl sites for hydroxylation is 1. The van der Waals surface area contributed by atoms with Gasteiger partial charge in [-0.15, -0.1) is 0 Å². The van der Waals surface area contributed by atoms with E-state index >= 15 is 0 Å². The van der Waals surface area contributed by atoms with Crippen molar-refractivity contribution in [3.63, 3.8) is 0 Å². The van der Waals surface area contributed by atoms with Crippen LogP contribution in [0.2, 0.25) is 0 Å². The molecule has 0 aliphatic carbocycles.